The van der Waals surface area contributed by atoms with E-state index in [1.165, 1.54) is 11.1 Å². The van der Waals surface area contributed by atoms with Crippen LogP contribution >= 0.6 is 0 Å². The number of fused-ring (bicyclic) bond motifs is 1. The molecule has 1 aliphatic heterocycles. The molecular weight excluding hydrogens is 302 g/mol. The number of aromatic hydroxyl groups is 1. The van der Waals surface area contributed by atoms with Gasteiger partial charge in [-0.05, 0) is 40.5 Å². The van der Waals surface area contributed by atoms with Gasteiger partial charge in [0.05, 0.1) is 23.8 Å². The van der Waals surface area contributed by atoms with E-state index < -0.39 is 6.29 Å². The van der Waals surface area contributed by atoms with Crippen molar-refractivity contribution in [3.05, 3.63) is 53.7 Å². The quantitative estimate of drug-likeness (QED) is 0.612. The van der Waals surface area contributed by atoms with Crippen LogP contribution in [-0.4, -0.2) is 11.2 Å². The third kappa shape index (κ3) is 5.18. The predicted octanol–water partition coefficient (Wildman–Crippen LogP) is 4.59. The normalized spacial score (nSPS) is 17.9. The molecule has 0 amide bonds. The highest BCUT2D eigenvalue weighted by atomic mass is 16.7. The highest BCUT2D eigenvalue weighted by Gasteiger charge is 2.32. The maximum absolute atomic E-state index is 10.2. The number of aromatic nitrogens is 1. The van der Waals surface area contributed by atoms with E-state index in [2.05, 4.69) is 37.9 Å². The molecule has 0 spiro atoms. The number of H-pyrrole nitrogens is 1. The highest BCUT2D eigenvalue weighted by Crippen LogP contribution is 2.38. The van der Waals surface area contributed by atoms with Crippen molar-refractivity contribution in [1.29, 1.82) is 0 Å². The standard InChI is InChI=1S/C19H27NO3.CH3/c1-12(2)7-6-8-13(3)9-14(4)23-19-17-16(11-22-19)10-20-15(5)18(17)21;/h7,9-10,14,19,21H,6,8,11H2,1-5H3;1H3/q;-1/p+1/b13-9+;. The molecule has 2 atom stereocenters. The Labute approximate surface area is 146 Å². The topological polar surface area (TPSA) is 52.8 Å². The van der Waals surface area contributed by atoms with Crippen LogP contribution in [0.1, 0.15) is 63.6 Å². The van der Waals surface area contributed by atoms with Crippen molar-refractivity contribution < 1.29 is 19.6 Å². The van der Waals surface area contributed by atoms with Gasteiger partial charge >= 0.3 is 0 Å². The number of aromatic amines is 1. The molecule has 0 saturated heterocycles. The van der Waals surface area contributed by atoms with E-state index in [1.54, 1.807) is 0 Å². The van der Waals surface area contributed by atoms with Gasteiger partial charge in [0.25, 0.3) is 0 Å². The summed E-state index contributed by atoms with van der Waals surface area (Å²) in [7, 11) is 0. The van der Waals surface area contributed by atoms with Crippen molar-refractivity contribution in [2.24, 2.45) is 0 Å². The lowest BCUT2D eigenvalue weighted by atomic mass is 10.1. The maximum atomic E-state index is 10.2. The summed E-state index contributed by atoms with van der Waals surface area (Å²) < 4.78 is 11.7. The summed E-state index contributed by atoms with van der Waals surface area (Å²) in [6.45, 7) is 10.7. The van der Waals surface area contributed by atoms with Crippen LogP contribution in [-0.2, 0) is 16.1 Å². The minimum absolute atomic E-state index is 0. The summed E-state index contributed by atoms with van der Waals surface area (Å²) in [5.41, 5.74) is 5.08. The summed E-state index contributed by atoms with van der Waals surface area (Å²) >= 11 is 0. The van der Waals surface area contributed by atoms with Crippen LogP contribution in [0, 0.1) is 14.4 Å². The Morgan fingerprint density at radius 1 is 1.46 bits per heavy atom. The summed E-state index contributed by atoms with van der Waals surface area (Å²) in [6.07, 6.45) is 7.75. The molecule has 1 aromatic rings. The van der Waals surface area contributed by atoms with Crippen LogP contribution in [0.3, 0.4) is 0 Å². The third-order valence-corrected chi connectivity index (χ3v) is 3.99. The lowest BCUT2D eigenvalue weighted by Gasteiger charge is -2.17. The van der Waals surface area contributed by atoms with Crippen molar-refractivity contribution in [3.63, 3.8) is 0 Å². The predicted molar refractivity (Wildman–Crippen MR) is 96.3 cm³/mol. The molecule has 2 rings (SSSR count). The van der Waals surface area contributed by atoms with Gasteiger partial charge in [-0.3, -0.25) is 0 Å². The van der Waals surface area contributed by atoms with Crippen molar-refractivity contribution in [2.45, 2.75) is 66.5 Å². The summed E-state index contributed by atoms with van der Waals surface area (Å²) in [5, 5.41) is 10.2. The summed E-state index contributed by atoms with van der Waals surface area (Å²) in [5.74, 6) is 0.237. The molecule has 1 aliphatic rings. The van der Waals surface area contributed by atoms with Crippen molar-refractivity contribution >= 4 is 0 Å². The highest BCUT2D eigenvalue weighted by molar-refractivity contribution is 5.40. The second-order valence-electron chi connectivity index (χ2n) is 6.52. The first-order valence-electron chi connectivity index (χ1n) is 8.19. The lowest BCUT2D eigenvalue weighted by Crippen LogP contribution is -2.14. The first-order chi connectivity index (χ1) is 10.9. The Balaban J connectivity index is 0.00000288. The van der Waals surface area contributed by atoms with Gasteiger partial charge in [0.2, 0.25) is 5.69 Å². The van der Waals surface area contributed by atoms with Gasteiger partial charge in [0, 0.05) is 6.92 Å². The van der Waals surface area contributed by atoms with Gasteiger partial charge in [-0.15, -0.1) is 0 Å². The fourth-order valence-corrected chi connectivity index (χ4v) is 2.74. The fraction of sp³-hybridized carbons (Fsp3) is 0.500. The Morgan fingerprint density at radius 3 is 2.83 bits per heavy atom. The van der Waals surface area contributed by atoms with Crippen LogP contribution in [0.5, 0.6) is 5.75 Å². The molecule has 2 unspecified atom stereocenters. The zero-order valence-electron chi connectivity index (χ0n) is 15.8. The van der Waals surface area contributed by atoms with E-state index in [-0.39, 0.29) is 19.3 Å². The number of hydrogen-bond donors (Lipinski definition) is 1. The van der Waals surface area contributed by atoms with E-state index in [1.807, 2.05) is 20.0 Å². The lowest BCUT2D eigenvalue weighted by molar-refractivity contribution is -0.389. The van der Waals surface area contributed by atoms with Gasteiger partial charge in [-0.1, -0.05) is 23.3 Å². The number of nitrogens with one attached hydrogen (secondary N) is 1. The molecule has 0 saturated carbocycles. The van der Waals surface area contributed by atoms with Crippen LogP contribution in [0.2, 0.25) is 0 Å². The maximum Gasteiger partial charge on any atom is 0.219 e. The smallest absolute Gasteiger partial charge is 0.219 e. The molecule has 0 aliphatic carbocycles. The average Bonchev–Trinajstić information content (AvgIpc) is 2.86. The average molecular weight is 333 g/mol. The van der Waals surface area contributed by atoms with Crippen LogP contribution in [0.4, 0.5) is 0 Å². The van der Waals surface area contributed by atoms with Gasteiger partial charge in [0.15, 0.2) is 18.2 Å². The SMILES string of the molecule is CC(C)=CCC/C(C)=C/C(C)OC1OCc2c[nH+]c(C)c(O)c21.[CH3-]. The second kappa shape index (κ2) is 9.00. The first kappa shape index (κ1) is 20.4. The molecule has 4 nitrogen and oxygen atoms in total. The third-order valence-electron chi connectivity index (χ3n) is 3.99. The van der Waals surface area contributed by atoms with E-state index in [0.29, 0.717) is 6.61 Å². The van der Waals surface area contributed by atoms with E-state index in [9.17, 15) is 5.11 Å². The minimum Gasteiger partial charge on any atom is -0.502 e. The number of hydrogen-bond acceptors (Lipinski definition) is 3. The van der Waals surface area contributed by atoms with Crippen molar-refractivity contribution in [3.8, 4) is 5.75 Å². The molecule has 2 heterocycles. The van der Waals surface area contributed by atoms with Crippen molar-refractivity contribution in [2.75, 3.05) is 0 Å². The molecule has 134 valence electrons. The number of aryl methyl sites for hydroxylation is 1. The largest absolute Gasteiger partial charge is 0.502 e. The van der Waals surface area contributed by atoms with Crippen LogP contribution in [0.15, 0.2) is 29.5 Å². The van der Waals surface area contributed by atoms with E-state index in [0.717, 1.165) is 29.7 Å². The fourth-order valence-electron chi connectivity index (χ4n) is 2.74. The monoisotopic (exact) mass is 333 g/mol. The number of allylic oxidation sites excluding steroid dienone is 3. The second-order valence-corrected chi connectivity index (χ2v) is 6.52. The zero-order chi connectivity index (χ0) is 17.0. The van der Waals surface area contributed by atoms with Gasteiger partial charge in [-0.25, -0.2) is 4.98 Å². The molecule has 1 aromatic heterocycles. The van der Waals surface area contributed by atoms with Gasteiger partial charge in [0.1, 0.15) is 0 Å². The van der Waals surface area contributed by atoms with Crippen molar-refractivity contribution in [1.82, 2.24) is 0 Å². The first-order valence-corrected chi connectivity index (χ1v) is 8.19. The zero-order valence-corrected chi connectivity index (χ0v) is 15.8. The molecule has 0 aromatic carbocycles. The summed E-state index contributed by atoms with van der Waals surface area (Å²) in [4.78, 5) is 3.04. The summed E-state index contributed by atoms with van der Waals surface area (Å²) in [6, 6.07) is 0. The Hall–Kier alpha value is -1.65. The van der Waals surface area contributed by atoms with Gasteiger partial charge in [-0.2, -0.15) is 0 Å². The molecular formula is C20H31NO3. The van der Waals surface area contributed by atoms with E-state index in [4.69, 9.17) is 9.47 Å². The Kier molecular flexibility index (Phi) is 7.64. The van der Waals surface area contributed by atoms with Crippen LogP contribution < -0.4 is 4.98 Å². The molecule has 4 heteroatoms. The molecule has 0 bridgehead atoms. The van der Waals surface area contributed by atoms with Gasteiger partial charge < -0.3 is 22.0 Å². The molecule has 0 fully saturated rings. The van der Waals surface area contributed by atoms with Crippen LogP contribution in [0.25, 0.3) is 0 Å². The Morgan fingerprint density at radius 2 is 2.17 bits per heavy atom. The molecule has 2 N–H and O–H groups in total. The number of pyridine rings is 1. The Bertz CT molecular complexity index is 616. The minimum atomic E-state index is -0.505. The van der Waals surface area contributed by atoms with E-state index >= 15 is 0 Å². The molecule has 24 heavy (non-hydrogen) atoms. The number of ether oxygens (including phenoxy) is 2. The molecule has 0 radical (unpaired) electrons. The number of rotatable bonds is 6.